The maximum atomic E-state index is 12.8. The molecule has 176 valence electrons. The van der Waals surface area contributed by atoms with Crippen LogP contribution in [-0.4, -0.2) is 55.6 Å². The molecule has 0 aliphatic carbocycles. The zero-order chi connectivity index (χ0) is 23.0. The first-order valence-electron chi connectivity index (χ1n) is 11.9. The normalized spacial score (nSPS) is 16.3. The zero-order valence-electron chi connectivity index (χ0n) is 19.6. The molecule has 1 amide bonds. The average Bonchev–Trinajstić information content (AvgIpc) is 3.26. The van der Waals surface area contributed by atoms with Crippen molar-refractivity contribution in [2.24, 2.45) is 5.92 Å². The number of carbonyl (C=O) groups is 1. The second-order valence-electron chi connectivity index (χ2n) is 8.71. The first-order valence-corrected chi connectivity index (χ1v) is 12.7. The van der Waals surface area contributed by atoms with Crippen LogP contribution in [0.3, 0.4) is 0 Å². The van der Waals surface area contributed by atoms with E-state index in [-0.39, 0.29) is 11.8 Å². The Bertz CT molecular complexity index is 1040. The summed E-state index contributed by atoms with van der Waals surface area (Å²) >= 11 is 1.68. The first kappa shape index (κ1) is 23.5. The number of benzene rings is 2. The highest BCUT2D eigenvalue weighted by Gasteiger charge is 2.27. The van der Waals surface area contributed by atoms with Crippen LogP contribution in [0.15, 0.2) is 48.5 Å². The molecule has 1 aromatic heterocycles. The van der Waals surface area contributed by atoms with Gasteiger partial charge in [0, 0.05) is 26.2 Å². The highest BCUT2D eigenvalue weighted by Crippen LogP contribution is 2.33. The Hall–Kier alpha value is -2.64. The number of piperidine rings is 1. The Morgan fingerprint density at radius 2 is 2.12 bits per heavy atom. The van der Waals surface area contributed by atoms with Crippen molar-refractivity contribution in [2.45, 2.75) is 32.7 Å². The van der Waals surface area contributed by atoms with Gasteiger partial charge in [-0.15, -0.1) is 0 Å². The van der Waals surface area contributed by atoms with Crippen LogP contribution in [0.5, 0.6) is 5.75 Å². The Morgan fingerprint density at radius 3 is 2.94 bits per heavy atom. The van der Waals surface area contributed by atoms with Gasteiger partial charge in [-0.25, -0.2) is 4.98 Å². The fourth-order valence-corrected chi connectivity index (χ4v) is 5.36. The number of ether oxygens (including phenoxy) is 1. The number of anilines is 1. The van der Waals surface area contributed by atoms with Crippen molar-refractivity contribution >= 4 is 32.6 Å². The van der Waals surface area contributed by atoms with Crippen LogP contribution in [0.25, 0.3) is 10.2 Å². The molecular formula is C26H34N4O2S. The Labute approximate surface area is 200 Å². The summed E-state index contributed by atoms with van der Waals surface area (Å²) in [6.45, 7) is 6.94. The van der Waals surface area contributed by atoms with Crippen LogP contribution in [0, 0.1) is 5.92 Å². The minimum atomic E-state index is 0.0202. The number of nitrogens with zero attached hydrogens (tertiary/aromatic N) is 3. The van der Waals surface area contributed by atoms with E-state index in [4.69, 9.17) is 9.72 Å². The van der Waals surface area contributed by atoms with Crippen LogP contribution >= 0.6 is 11.3 Å². The predicted molar refractivity (Wildman–Crippen MR) is 136 cm³/mol. The van der Waals surface area contributed by atoms with Crippen molar-refractivity contribution < 1.29 is 9.53 Å². The third-order valence-electron chi connectivity index (χ3n) is 6.03. The number of rotatable bonds is 10. The summed E-state index contributed by atoms with van der Waals surface area (Å²) in [5.74, 6) is 1.07. The van der Waals surface area contributed by atoms with Gasteiger partial charge in [-0.05, 0) is 63.5 Å². The van der Waals surface area contributed by atoms with E-state index < -0.39 is 0 Å². The van der Waals surface area contributed by atoms with E-state index in [1.54, 1.807) is 11.3 Å². The highest BCUT2D eigenvalue weighted by atomic mass is 32.1. The largest absolute Gasteiger partial charge is 0.494 e. The summed E-state index contributed by atoms with van der Waals surface area (Å²) in [6, 6.07) is 16.5. The number of amides is 1. The molecule has 1 saturated heterocycles. The lowest BCUT2D eigenvalue weighted by molar-refractivity contribution is -0.125. The molecule has 0 radical (unpaired) electrons. The number of thiazole rings is 1. The van der Waals surface area contributed by atoms with Gasteiger partial charge in [0.1, 0.15) is 5.75 Å². The molecule has 0 spiro atoms. The molecule has 0 bridgehead atoms. The average molecular weight is 467 g/mol. The highest BCUT2D eigenvalue weighted by molar-refractivity contribution is 7.22. The van der Waals surface area contributed by atoms with Crippen LogP contribution in [0.2, 0.25) is 0 Å². The molecule has 33 heavy (non-hydrogen) atoms. The van der Waals surface area contributed by atoms with E-state index >= 15 is 0 Å². The molecule has 1 unspecified atom stereocenters. The molecule has 7 heteroatoms. The van der Waals surface area contributed by atoms with Gasteiger partial charge in [0.25, 0.3) is 0 Å². The van der Waals surface area contributed by atoms with E-state index in [0.29, 0.717) is 6.61 Å². The van der Waals surface area contributed by atoms with Crippen LogP contribution < -0.4 is 15.0 Å². The SMILES string of the molecule is CCOc1ccc2nc(N3CCCC(C(=O)NCCCN(C)Cc4ccccc4)C3)sc2c1. The second kappa shape index (κ2) is 11.5. The standard InChI is InChI=1S/C26H34N4O2S/c1-3-32-22-12-13-23-24(17-22)33-26(28-23)30-16-7-11-21(19-30)25(31)27-14-8-15-29(2)18-20-9-5-4-6-10-20/h4-6,9-10,12-13,17,21H,3,7-8,11,14-16,18-19H2,1-2H3,(H,27,31). The number of hydrogen-bond acceptors (Lipinski definition) is 6. The van der Waals surface area contributed by atoms with Crippen molar-refractivity contribution in [3.05, 3.63) is 54.1 Å². The molecule has 6 nitrogen and oxygen atoms in total. The topological polar surface area (TPSA) is 57.7 Å². The molecule has 0 saturated carbocycles. The molecule has 1 aliphatic rings. The Balaban J connectivity index is 1.24. The summed E-state index contributed by atoms with van der Waals surface area (Å²) in [4.78, 5) is 22.2. The third-order valence-corrected chi connectivity index (χ3v) is 7.11. The third kappa shape index (κ3) is 6.45. The predicted octanol–water partition coefficient (Wildman–Crippen LogP) is 4.55. The molecule has 1 aliphatic heterocycles. The summed E-state index contributed by atoms with van der Waals surface area (Å²) in [5.41, 5.74) is 2.31. The van der Waals surface area contributed by atoms with E-state index in [2.05, 4.69) is 52.5 Å². The van der Waals surface area contributed by atoms with E-state index in [0.717, 1.165) is 73.1 Å². The molecule has 1 fully saturated rings. The number of hydrogen-bond donors (Lipinski definition) is 1. The van der Waals surface area contributed by atoms with Gasteiger partial charge in [-0.1, -0.05) is 41.7 Å². The van der Waals surface area contributed by atoms with Crippen LogP contribution in [0.4, 0.5) is 5.13 Å². The molecule has 1 atom stereocenters. The van der Waals surface area contributed by atoms with Crippen molar-refractivity contribution in [2.75, 3.05) is 44.7 Å². The van der Waals surface area contributed by atoms with Gasteiger partial charge in [0.05, 0.1) is 22.7 Å². The number of aromatic nitrogens is 1. The summed E-state index contributed by atoms with van der Waals surface area (Å²) < 4.78 is 6.74. The van der Waals surface area contributed by atoms with Gasteiger partial charge >= 0.3 is 0 Å². The van der Waals surface area contributed by atoms with Gasteiger partial charge in [0.2, 0.25) is 5.91 Å². The second-order valence-corrected chi connectivity index (χ2v) is 9.72. The number of carbonyl (C=O) groups excluding carboxylic acids is 1. The lowest BCUT2D eigenvalue weighted by Crippen LogP contribution is -2.43. The van der Waals surface area contributed by atoms with Crippen LogP contribution in [-0.2, 0) is 11.3 Å². The fraction of sp³-hybridized carbons (Fsp3) is 0.462. The van der Waals surface area contributed by atoms with Crippen LogP contribution in [0.1, 0.15) is 31.7 Å². The van der Waals surface area contributed by atoms with Gasteiger partial charge < -0.3 is 19.9 Å². The quantitative estimate of drug-likeness (QED) is 0.444. The molecule has 3 aromatic rings. The van der Waals surface area contributed by atoms with Crippen molar-refractivity contribution in [3.63, 3.8) is 0 Å². The Morgan fingerprint density at radius 1 is 1.27 bits per heavy atom. The lowest BCUT2D eigenvalue weighted by Gasteiger charge is -2.31. The van der Waals surface area contributed by atoms with Crippen molar-refractivity contribution in [1.29, 1.82) is 0 Å². The Kier molecular flexibility index (Phi) is 8.18. The number of fused-ring (bicyclic) bond motifs is 1. The first-order chi connectivity index (χ1) is 16.1. The maximum absolute atomic E-state index is 12.8. The smallest absolute Gasteiger partial charge is 0.224 e. The van der Waals surface area contributed by atoms with E-state index in [1.807, 2.05) is 25.1 Å². The van der Waals surface area contributed by atoms with Gasteiger partial charge in [0.15, 0.2) is 5.13 Å². The summed E-state index contributed by atoms with van der Waals surface area (Å²) in [5, 5.41) is 4.16. The molecule has 2 aromatic carbocycles. The van der Waals surface area contributed by atoms with E-state index in [9.17, 15) is 4.79 Å². The molecule has 2 heterocycles. The lowest BCUT2D eigenvalue weighted by atomic mass is 9.97. The fourth-order valence-electron chi connectivity index (χ4n) is 4.33. The molecule has 4 rings (SSSR count). The van der Waals surface area contributed by atoms with Crippen molar-refractivity contribution in [1.82, 2.24) is 15.2 Å². The van der Waals surface area contributed by atoms with E-state index in [1.165, 1.54) is 5.56 Å². The number of nitrogens with one attached hydrogen (secondary N) is 1. The minimum Gasteiger partial charge on any atom is -0.494 e. The van der Waals surface area contributed by atoms with Gasteiger partial charge in [-0.2, -0.15) is 0 Å². The summed E-state index contributed by atoms with van der Waals surface area (Å²) in [6.07, 6.45) is 2.90. The van der Waals surface area contributed by atoms with Gasteiger partial charge in [-0.3, -0.25) is 4.79 Å². The molecule has 1 N–H and O–H groups in total. The maximum Gasteiger partial charge on any atom is 0.224 e. The summed E-state index contributed by atoms with van der Waals surface area (Å²) in [7, 11) is 2.13. The molecular weight excluding hydrogens is 432 g/mol. The van der Waals surface area contributed by atoms with Crippen molar-refractivity contribution in [3.8, 4) is 5.75 Å². The monoisotopic (exact) mass is 466 g/mol. The zero-order valence-corrected chi connectivity index (χ0v) is 20.4. The minimum absolute atomic E-state index is 0.0202.